The van der Waals surface area contributed by atoms with Crippen molar-refractivity contribution in [2.75, 3.05) is 18.4 Å². The summed E-state index contributed by atoms with van der Waals surface area (Å²) in [6.45, 7) is 6.99. The van der Waals surface area contributed by atoms with E-state index in [1.54, 1.807) is 24.3 Å². The van der Waals surface area contributed by atoms with Crippen LogP contribution in [0.15, 0.2) is 34.4 Å². The van der Waals surface area contributed by atoms with Crippen LogP contribution < -0.4 is 10.9 Å². The van der Waals surface area contributed by atoms with E-state index in [0.717, 1.165) is 40.7 Å². The fourth-order valence-corrected chi connectivity index (χ4v) is 4.56. The van der Waals surface area contributed by atoms with Crippen molar-refractivity contribution in [1.82, 2.24) is 24.6 Å². The lowest BCUT2D eigenvalue weighted by Gasteiger charge is -2.33. The first-order chi connectivity index (χ1) is 14.9. The van der Waals surface area contributed by atoms with Crippen LogP contribution in [0.3, 0.4) is 0 Å². The van der Waals surface area contributed by atoms with Gasteiger partial charge in [-0.2, -0.15) is 5.10 Å². The summed E-state index contributed by atoms with van der Waals surface area (Å²) in [6.07, 6.45) is 1.87. The number of piperidine rings is 1. The molecule has 162 valence electrons. The van der Waals surface area contributed by atoms with E-state index in [0.29, 0.717) is 18.8 Å². The lowest BCUT2D eigenvalue weighted by atomic mass is 9.93. The number of hydrogen-bond acceptors (Lipinski definition) is 7. The Labute approximate surface area is 185 Å². The van der Waals surface area contributed by atoms with Gasteiger partial charge >= 0.3 is 0 Å². The minimum Gasteiger partial charge on any atom is -0.340 e. The SMILES string of the molecule is Cc1cc(Nc2nc(C)cs2)cc(C2CCCN(C(=O)Cn3nc(C)ccc3=O)C2)n1. The van der Waals surface area contributed by atoms with Gasteiger partial charge in [-0.05, 0) is 51.8 Å². The number of thiazole rings is 1. The molecule has 9 heteroatoms. The highest BCUT2D eigenvalue weighted by molar-refractivity contribution is 7.13. The minimum atomic E-state index is -0.263. The molecular weight excluding hydrogens is 412 g/mol. The van der Waals surface area contributed by atoms with Crippen LogP contribution >= 0.6 is 11.3 Å². The fourth-order valence-electron chi connectivity index (χ4n) is 3.85. The van der Waals surface area contributed by atoms with Gasteiger partial charge in [0.1, 0.15) is 6.54 Å². The molecule has 4 rings (SSSR count). The van der Waals surface area contributed by atoms with Crippen molar-refractivity contribution in [3.63, 3.8) is 0 Å². The van der Waals surface area contributed by atoms with Crippen molar-refractivity contribution in [3.8, 4) is 0 Å². The van der Waals surface area contributed by atoms with E-state index in [9.17, 15) is 9.59 Å². The molecule has 1 aliphatic heterocycles. The van der Waals surface area contributed by atoms with E-state index in [4.69, 9.17) is 4.98 Å². The van der Waals surface area contributed by atoms with Gasteiger partial charge in [0, 0.05) is 47.5 Å². The van der Waals surface area contributed by atoms with Gasteiger partial charge in [0.05, 0.1) is 11.4 Å². The van der Waals surface area contributed by atoms with Gasteiger partial charge in [0.15, 0.2) is 5.13 Å². The molecule has 0 bridgehead atoms. The maximum Gasteiger partial charge on any atom is 0.267 e. The molecule has 4 heterocycles. The first kappa shape index (κ1) is 21.2. The van der Waals surface area contributed by atoms with Crippen LogP contribution in [0.4, 0.5) is 10.8 Å². The van der Waals surface area contributed by atoms with Crippen molar-refractivity contribution >= 4 is 28.1 Å². The third kappa shape index (κ3) is 5.16. The molecule has 31 heavy (non-hydrogen) atoms. The second-order valence-electron chi connectivity index (χ2n) is 7.99. The number of rotatable bonds is 5. The Bertz CT molecular complexity index is 1150. The average Bonchev–Trinajstić information content (AvgIpc) is 3.15. The van der Waals surface area contributed by atoms with Crippen LogP contribution in [0, 0.1) is 20.8 Å². The number of pyridine rings is 1. The minimum absolute atomic E-state index is 0.0370. The second kappa shape index (κ2) is 8.97. The van der Waals surface area contributed by atoms with E-state index in [2.05, 4.69) is 21.5 Å². The Morgan fingerprint density at radius 2 is 2.00 bits per heavy atom. The van der Waals surface area contributed by atoms with Crippen molar-refractivity contribution in [2.24, 2.45) is 0 Å². The number of amides is 1. The second-order valence-corrected chi connectivity index (χ2v) is 8.85. The molecule has 1 fully saturated rings. The standard InChI is InChI=1S/C22H26N6O2S/c1-14-6-7-20(29)28(26-14)12-21(30)27-8-4-5-17(11-27)19-10-18(9-15(2)23-19)25-22-24-16(3)13-31-22/h6-7,9-10,13,17H,4-5,8,11-12H2,1-3H3,(H,23,24,25). The summed E-state index contributed by atoms with van der Waals surface area (Å²) in [6, 6.07) is 7.16. The molecule has 8 nitrogen and oxygen atoms in total. The van der Waals surface area contributed by atoms with E-state index in [1.165, 1.54) is 10.7 Å². The first-order valence-electron chi connectivity index (χ1n) is 10.4. The number of aryl methyl sites for hydroxylation is 3. The van der Waals surface area contributed by atoms with Gasteiger partial charge in [-0.25, -0.2) is 9.67 Å². The van der Waals surface area contributed by atoms with Crippen molar-refractivity contribution in [2.45, 2.75) is 46.1 Å². The van der Waals surface area contributed by atoms with Gasteiger partial charge in [-0.1, -0.05) is 0 Å². The molecule has 1 N–H and O–H groups in total. The van der Waals surface area contributed by atoms with E-state index < -0.39 is 0 Å². The Hall–Kier alpha value is -3.07. The molecular formula is C22H26N6O2S. The molecule has 3 aromatic rings. The smallest absolute Gasteiger partial charge is 0.267 e. The zero-order valence-corrected chi connectivity index (χ0v) is 18.8. The van der Waals surface area contributed by atoms with Crippen molar-refractivity contribution < 1.29 is 4.79 Å². The van der Waals surface area contributed by atoms with E-state index in [-0.39, 0.29) is 23.9 Å². The Morgan fingerprint density at radius 1 is 1.16 bits per heavy atom. The number of nitrogens with zero attached hydrogens (tertiary/aromatic N) is 5. The summed E-state index contributed by atoms with van der Waals surface area (Å²) in [4.78, 5) is 35.9. The zero-order valence-electron chi connectivity index (χ0n) is 18.0. The van der Waals surface area contributed by atoms with Crippen molar-refractivity contribution in [1.29, 1.82) is 0 Å². The summed E-state index contributed by atoms with van der Waals surface area (Å²) < 4.78 is 1.24. The molecule has 1 aliphatic rings. The number of carbonyl (C=O) groups excluding carboxylic acids is 1. The number of likely N-dealkylation sites (tertiary alicyclic amines) is 1. The molecule has 0 aromatic carbocycles. The van der Waals surface area contributed by atoms with Gasteiger partial charge in [-0.3, -0.25) is 14.6 Å². The quantitative estimate of drug-likeness (QED) is 0.658. The van der Waals surface area contributed by atoms with Crippen LogP contribution in [0.2, 0.25) is 0 Å². The number of carbonyl (C=O) groups is 1. The molecule has 1 saturated heterocycles. The number of nitrogens with one attached hydrogen (secondary N) is 1. The molecule has 0 aliphatic carbocycles. The lowest BCUT2D eigenvalue weighted by molar-refractivity contribution is -0.133. The van der Waals surface area contributed by atoms with E-state index in [1.807, 2.05) is 30.2 Å². The predicted octanol–water partition coefficient (Wildman–Crippen LogP) is 3.17. The van der Waals surface area contributed by atoms with Crippen LogP contribution in [-0.4, -0.2) is 43.6 Å². The van der Waals surface area contributed by atoms with Gasteiger partial charge < -0.3 is 10.2 Å². The highest BCUT2D eigenvalue weighted by Crippen LogP contribution is 2.29. The number of hydrogen-bond donors (Lipinski definition) is 1. The summed E-state index contributed by atoms with van der Waals surface area (Å²) >= 11 is 1.57. The maximum absolute atomic E-state index is 12.9. The Balaban J connectivity index is 1.48. The van der Waals surface area contributed by atoms with Crippen LogP contribution in [0.5, 0.6) is 0 Å². The monoisotopic (exact) mass is 438 g/mol. The van der Waals surface area contributed by atoms with Crippen LogP contribution in [0.25, 0.3) is 0 Å². The van der Waals surface area contributed by atoms with Gasteiger partial charge in [0.2, 0.25) is 5.91 Å². The normalized spacial score (nSPS) is 16.4. The number of aromatic nitrogens is 4. The zero-order chi connectivity index (χ0) is 22.0. The summed E-state index contributed by atoms with van der Waals surface area (Å²) in [7, 11) is 0. The Morgan fingerprint density at radius 3 is 2.77 bits per heavy atom. The topological polar surface area (TPSA) is 93.0 Å². The molecule has 0 saturated carbocycles. The van der Waals surface area contributed by atoms with Crippen LogP contribution in [-0.2, 0) is 11.3 Å². The summed E-state index contributed by atoms with van der Waals surface area (Å²) in [5.74, 6) is 0.0625. The fraction of sp³-hybridized carbons (Fsp3) is 0.409. The third-order valence-electron chi connectivity index (χ3n) is 5.32. The molecule has 1 atom stereocenters. The van der Waals surface area contributed by atoms with Crippen LogP contribution in [0.1, 0.15) is 41.5 Å². The lowest BCUT2D eigenvalue weighted by Crippen LogP contribution is -2.42. The first-order valence-corrected chi connectivity index (χ1v) is 11.3. The highest BCUT2D eigenvalue weighted by Gasteiger charge is 2.26. The average molecular weight is 439 g/mol. The third-order valence-corrected chi connectivity index (χ3v) is 6.20. The summed E-state index contributed by atoms with van der Waals surface area (Å²) in [5.41, 5.74) is 4.29. The largest absolute Gasteiger partial charge is 0.340 e. The highest BCUT2D eigenvalue weighted by atomic mass is 32.1. The molecule has 3 aromatic heterocycles. The number of anilines is 2. The molecule has 1 amide bonds. The summed E-state index contributed by atoms with van der Waals surface area (Å²) in [5, 5.41) is 10.4. The van der Waals surface area contributed by atoms with E-state index >= 15 is 0 Å². The molecule has 0 radical (unpaired) electrons. The Kier molecular flexibility index (Phi) is 6.13. The van der Waals surface area contributed by atoms with Crippen molar-refractivity contribution in [3.05, 3.63) is 62.8 Å². The van der Waals surface area contributed by atoms with Gasteiger partial charge in [0.25, 0.3) is 5.56 Å². The maximum atomic E-state index is 12.9. The predicted molar refractivity (Wildman–Crippen MR) is 121 cm³/mol. The van der Waals surface area contributed by atoms with Gasteiger partial charge in [-0.15, -0.1) is 11.3 Å². The molecule has 0 spiro atoms. The molecule has 1 unspecified atom stereocenters.